The molecule has 1 aromatic heterocycles. The molecule has 3 nitrogen and oxygen atoms in total. The molecule has 0 aliphatic rings. The molecule has 0 saturated heterocycles. The first-order valence-corrected chi connectivity index (χ1v) is 3.06. The summed E-state index contributed by atoms with van der Waals surface area (Å²) in [6, 6.07) is 1.86. The van der Waals surface area contributed by atoms with E-state index in [1.54, 1.807) is 6.26 Å². The van der Waals surface area contributed by atoms with E-state index in [2.05, 4.69) is 0 Å². The fourth-order valence-corrected chi connectivity index (χ4v) is 0.758. The molecule has 0 unspecified atom stereocenters. The van der Waals surface area contributed by atoms with Crippen molar-refractivity contribution in [3.8, 4) is 0 Å². The molecule has 0 spiro atoms. The molecule has 3 heteroatoms. The van der Waals surface area contributed by atoms with Crippen molar-refractivity contribution in [1.29, 1.82) is 5.41 Å². The van der Waals surface area contributed by atoms with Crippen LogP contribution in [0.2, 0.25) is 0 Å². The summed E-state index contributed by atoms with van der Waals surface area (Å²) in [5.41, 5.74) is 6.23. The first-order chi connectivity index (χ1) is 4.70. The normalized spacial score (nSPS) is 9.70. The van der Waals surface area contributed by atoms with Gasteiger partial charge in [-0.3, -0.25) is 5.41 Å². The van der Waals surface area contributed by atoms with Gasteiger partial charge in [0.2, 0.25) is 0 Å². The largest absolute Gasteiger partial charge is 0.469 e. The third-order valence-electron chi connectivity index (χ3n) is 1.32. The van der Waals surface area contributed by atoms with Crippen molar-refractivity contribution < 1.29 is 4.42 Å². The third-order valence-corrected chi connectivity index (χ3v) is 1.32. The number of nitrogens with two attached hydrogens (primary N) is 1. The summed E-state index contributed by atoms with van der Waals surface area (Å²) in [6.07, 6.45) is 2.02. The van der Waals surface area contributed by atoms with Gasteiger partial charge in [0.25, 0.3) is 0 Å². The Balaban J connectivity index is 2.74. The van der Waals surface area contributed by atoms with Crippen LogP contribution in [-0.4, -0.2) is 5.84 Å². The summed E-state index contributed by atoms with van der Waals surface area (Å²) in [5, 5.41) is 6.98. The van der Waals surface area contributed by atoms with E-state index < -0.39 is 0 Å². The number of hydrogen-bond acceptors (Lipinski definition) is 2. The van der Waals surface area contributed by atoms with Gasteiger partial charge in [-0.2, -0.15) is 0 Å². The lowest BCUT2D eigenvalue weighted by molar-refractivity contribution is 0.523. The van der Waals surface area contributed by atoms with Gasteiger partial charge in [-0.25, -0.2) is 0 Å². The van der Waals surface area contributed by atoms with Crippen LogP contribution in [-0.2, 0) is 6.42 Å². The maximum absolute atomic E-state index is 6.98. The SMILES string of the molecule is Cc1ccoc1CC(=N)N. The van der Waals surface area contributed by atoms with Gasteiger partial charge in [-0.1, -0.05) is 0 Å². The molecular formula is C7H10N2O. The molecule has 1 rings (SSSR count). The smallest absolute Gasteiger partial charge is 0.114 e. The zero-order valence-electron chi connectivity index (χ0n) is 5.85. The van der Waals surface area contributed by atoms with Crippen molar-refractivity contribution in [1.82, 2.24) is 0 Å². The van der Waals surface area contributed by atoms with Gasteiger partial charge in [-0.05, 0) is 18.6 Å². The molecule has 0 bridgehead atoms. The van der Waals surface area contributed by atoms with E-state index in [1.807, 2.05) is 13.0 Å². The molecular weight excluding hydrogens is 128 g/mol. The second-order valence-corrected chi connectivity index (χ2v) is 2.23. The molecule has 0 aliphatic heterocycles. The first kappa shape index (κ1) is 6.86. The summed E-state index contributed by atoms with van der Waals surface area (Å²) in [5.74, 6) is 0.922. The molecule has 0 radical (unpaired) electrons. The first-order valence-electron chi connectivity index (χ1n) is 3.06. The molecule has 10 heavy (non-hydrogen) atoms. The average molecular weight is 138 g/mol. The van der Waals surface area contributed by atoms with Gasteiger partial charge in [0.15, 0.2) is 0 Å². The van der Waals surface area contributed by atoms with Gasteiger partial charge < -0.3 is 10.2 Å². The highest BCUT2D eigenvalue weighted by Gasteiger charge is 2.01. The molecule has 0 fully saturated rings. The molecule has 54 valence electrons. The summed E-state index contributed by atoms with van der Waals surface area (Å²) in [4.78, 5) is 0. The van der Waals surface area contributed by atoms with Crippen molar-refractivity contribution in [2.75, 3.05) is 0 Å². The standard InChI is InChI=1S/C7H10N2O/c1-5-2-3-10-6(5)4-7(8)9/h2-3H,4H2,1H3,(H3,8,9). The molecule has 0 amide bonds. The Morgan fingerprint density at radius 1 is 1.80 bits per heavy atom. The van der Waals surface area contributed by atoms with Crippen molar-refractivity contribution in [3.05, 3.63) is 23.7 Å². The second-order valence-electron chi connectivity index (χ2n) is 2.23. The van der Waals surface area contributed by atoms with E-state index in [0.717, 1.165) is 11.3 Å². The molecule has 0 aromatic carbocycles. The monoisotopic (exact) mass is 138 g/mol. The van der Waals surface area contributed by atoms with Crippen LogP contribution in [0, 0.1) is 12.3 Å². The Labute approximate surface area is 59.3 Å². The van der Waals surface area contributed by atoms with Gasteiger partial charge in [0.1, 0.15) is 5.76 Å². The summed E-state index contributed by atoms with van der Waals surface area (Å²) in [7, 11) is 0. The number of furan rings is 1. The summed E-state index contributed by atoms with van der Waals surface area (Å²) >= 11 is 0. The number of amidine groups is 1. The Kier molecular flexibility index (Phi) is 1.76. The summed E-state index contributed by atoms with van der Waals surface area (Å²) < 4.78 is 5.05. The van der Waals surface area contributed by atoms with E-state index in [9.17, 15) is 0 Å². The van der Waals surface area contributed by atoms with Crippen molar-refractivity contribution in [2.45, 2.75) is 13.3 Å². The number of nitrogens with one attached hydrogen (secondary N) is 1. The van der Waals surface area contributed by atoms with E-state index in [1.165, 1.54) is 0 Å². The van der Waals surface area contributed by atoms with Gasteiger partial charge in [0.05, 0.1) is 18.5 Å². The average Bonchev–Trinajstić information content (AvgIpc) is 2.15. The van der Waals surface area contributed by atoms with Gasteiger partial charge >= 0.3 is 0 Å². The van der Waals surface area contributed by atoms with E-state index in [-0.39, 0.29) is 5.84 Å². The lowest BCUT2D eigenvalue weighted by atomic mass is 10.2. The minimum atomic E-state index is 0.137. The van der Waals surface area contributed by atoms with Crippen LogP contribution in [0.15, 0.2) is 16.7 Å². The fourth-order valence-electron chi connectivity index (χ4n) is 0.758. The van der Waals surface area contributed by atoms with E-state index >= 15 is 0 Å². The molecule has 3 N–H and O–H groups in total. The van der Waals surface area contributed by atoms with Crippen LogP contribution < -0.4 is 5.73 Å². The Morgan fingerprint density at radius 2 is 2.50 bits per heavy atom. The number of rotatable bonds is 2. The van der Waals surface area contributed by atoms with Crippen LogP contribution in [0.5, 0.6) is 0 Å². The molecule has 1 aromatic rings. The Morgan fingerprint density at radius 3 is 2.90 bits per heavy atom. The topological polar surface area (TPSA) is 63.0 Å². The van der Waals surface area contributed by atoms with Crippen LogP contribution in [0.4, 0.5) is 0 Å². The molecule has 0 aliphatic carbocycles. The van der Waals surface area contributed by atoms with Crippen molar-refractivity contribution >= 4 is 5.84 Å². The quantitative estimate of drug-likeness (QED) is 0.474. The highest BCUT2D eigenvalue weighted by Crippen LogP contribution is 2.08. The molecule has 0 saturated carbocycles. The lowest BCUT2D eigenvalue weighted by Gasteiger charge is -1.93. The minimum absolute atomic E-state index is 0.137. The van der Waals surface area contributed by atoms with Crippen molar-refractivity contribution in [3.63, 3.8) is 0 Å². The van der Waals surface area contributed by atoms with Crippen LogP contribution in [0.25, 0.3) is 0 Å². The summed E-state index contributed by atoms with van der Waals surface area (Å²) in [6.45, 7) is 1.93. The highest BCUT2D eigenvalue weighted by atomic mass is 16.3. The Bertz CT molecular complexity index is 240. The van der Waals surface area contributed by atoms with Crippen LogP contribution >= 0.6 is 0 Å². The van der Waals surface area contributed by atoms with Gasteiger partial charge in [-0.15, -0.1) is 0 Å². The minimum Gasteiger partial charge on any atom is -0.469 e. The van der Waals surface area contributed by atoms with E-state index in [0.29, 0.717) is 6.42 Å². The maximum Gasteiger partial charge on any atom is 0.114 e. The fraction of sp³-hybridized carbons (Fsp3) is 0.286. The second kappa shape index (κ2) is 2.56. The molecule has 0 atom stereocenters. The van der Waals surface area contributed by atoms with E-state index in [4.69, 9.17) is 15.6 Å². The predicted octanol–water partition coefficient (Wildman–Crippen LogP) is 1.07. The lowest BCUT2D eigenvalue weighted by Crippen LogP contribution is -2.12. The predicted molar refractivity (Wildman–Crippen MR) is 39.1 cm³/mol. The zero-order chi connectivity index (χ0) is 7.56. The maximum atomic E-state index is 6.98. The molecule has 1 heterocycles. The number of aryl methyl sites for hydroxylation is 1. The highest BCUT2D eigenvalue weighted by molar-refractivity contribution is 5.79. The van der Waals surface area contributed by atoms with Gasteiger partial charge in [0, 0.05) is 0 Å². The van der Waals surface area contributed by atoms with Crippen molar-refractivity contribution in [2.24, 2.45) is 5.73 Å². The zero-order valence-corrected chi connectivity index (χ0v) is 5.85. The third kappa shape index (κ3) is 1.37. The van der Waals surface area contributed by atoms with Crippen LogP contribution in [0.1, 0.15) is 11.3 Å². The Hall–Kier alpha value is -1.25. The number of hydrogen-bond donors (Lipinski definition) is 2. The van der Waals surface area contributed by atoms with Crippen LogP contribution in [0.3, 0.4) is 0 Å².